The number of benzene rings is 1. The van der Waals surface area contributed by atoms with Gasteiger partial charge in [-0.3, -0.25) is 9.59 Å². The van der Waals surface area contributed by atoms with E-state index < -0.39 is 5.41 Å². The summed E-state index contributed by atoms with van der Waals surface area (Å²) in [4.78, 5) is 24.9. The second-order valence-electron chi connectivity index (χ2n) is 6.27. The van der Waals surface area contributed by atoms with E-state index in [-0.39, 0.29) is 11.8 Å². The molecule has 0 heterocycles. The normalized spacial score (nSPS) is 15.2. The molecule has 1 aromatic carbocycles. The van der Waals surface area contributed by atoms with Crippen LogP contribution in [0.3, 0.4) is 0 Å². The lowest BCUT2D eigenvalue weighted by atomic mass is 10.0. The van der Waals surface area contributed by atoms with Crippen LogP contribution in [0.4, 0.5) is 5.69 Å². The molecule has 1 fully saturated rings. The summed E-state index contributed by atoms with van der Waals surface area (Å²) in [6.07, 6.45) is 4.47. The van der Waals surface area contributed by atoms with Crippen LogP contribution < -0.4 is 10.6 Å². The Bertz CT molecular complexity index is 542. The summed E-state index contributed by atoms with van der Waals surface area (Å²) in [5.41, 5.74) is 2.03. The molecule has 2 rings (SSSR count). The zero-order valence-corrected chi connectivity index (χ0v) is 13.8. The van der Waals surface area contributed by atoms with Crippen LogP contribution in [-0.2, 0) is 9.59 Å². The molecule has 1 aliphatic rings. The highest BCUT2D eigenvalue weighted by Gasteiger charge is 2.56. The van der Waals surface area contributed by atoms with E-state index in [0.29, 0.717) is 19.4 Å². The third-order valence-electron chi connectivity index (χ3n) is 4.40. The van der Waals surface area contributed by atoms with Crippen LogP contribution in [0.5, 0.6) is 0 Å². The first-order valence-corrected chi connectivity index (χ1v) is 8.17. The van der Waals surface area contributed by atoms with Gasteiger partial charge in [0.15, 0.2) is 0 Å². The molecule has 0 atom stereocenters. The van der Waals surface area contributed by atoms with Crippen LogP contribution in [0.2, 0.25) is 0 Å². The highest BCUT2D eigenvalue weighted by molar-refractivity contribution is 6.13. The summed E-state index contributed by atoms with van der Waals surface area (Å²) in [5, 5.41) is 5.88. The number of aryl methyl sites for hydroxylation is 2. The van der Waals surface area contributed by atoms with E-state index in [4.69, 9.17) is 0 Å². The number of carbonyl (C=O) groups is 2. The third kappa shape index (κ3) is 3.49. The van der Waals surface area contributed by atoms with Crippen LogP contribution in [0, 0.1) is 19.3 Å². The molecule has 0 unspecified atom stereocenters. The van der Waals surface area contributed by atoms with Crippen molar-refractivity contribution >= 4 is 17.5 Å². The maximum Gasteiger partial charge on any atom is 0.240 e. The Morgan fingerprint density at radius 2 is 1.73 bits per heavy atom. The van der Waals surface area contributed by atoms with E-state index in [2.05, 4.69) is 17.6 Å². The minimum atomic E-state index is -0.846. The maximum atomic E-state index is 12.6. The Hall–Kier alpha value is -1.84. The minimum Gasteiger partial charge on any atom is -0.355 e. The lowest BCUT2D eigenvalue weighted by Crippen LogP contribution is -2.40. The fraction of sp³-hybridized carbons (Fsp3) is 0.556. The van der Waals surface area contributed by atoms with Gasteiger partial charge in [0.25, 0.3) is 0 Å². The van der Waals surface area contributed by atoms with Crippen molar-refractivity contribution in [3.05, 3.63) is 29.3 Å². The molecule has 4 nitrogen and oxygen atoms in total. The molecule has 1 aliphatic carbocycles. The van der Waals surface area contributed by atoms with E-state index in [0.717, 1.165) is 36.1 Å². The second-order valence-corrected chi connectivity index (χ2v) is 6.27. The van der Waals surface area contributed by atoms with E-state index in [1.165, 1.54) is 0 Å². The van der Waals surface area contributed by atoms with Crippen LogP contribution in [0.25, 0.3) is 0 Å². The van der Waals surface area contributed by atoms with Crippen LogP contribution >= 0.6 is 0 Å². The van der Waals surface area contributed by atoms with Gasteiger partial charge in [-0.2, -0.15) is 0 Å². The number of para-hydroxylation sites is 1. The molecule has 4 heteroatoms. The molecule has 0 radical (unpaired) electrons. The van der Waals surface area contributed by atoms with Crippen molar-refractivity contribution < 1.29 is 9.59 Å². The Kier molecular flexibility index (Phi) is 5.22. The van der Waals surface area contributed by atoms with E-state index in [1.807, 2.05) is 32.0 Å². The molecular weight excluding hydrogens is 276 g/mol. The molecule has 0 saturated heterocycles. The molecule has 1 saturated carbocycles. The fourth-order valence-electron chi connectivity index (χ4n) is 2.67. The molecule has 2 N–H and O–H groups in total. The van der Waals surface area contributed by atoms with E-state index >= 15 is 0 Å². The maximum absolute atomic E-state index is 12.6. The average molecular weight is 302 g/mol. The molecule has 0 aliphatic heterocycles. The van der Waals surface area contributed by atoms with Crippen LogP contribution in [0.1, 0.15) is 50.2 Å². The number of unbranched alkanes of at least 4 members (excludes halogenated alkanes) is 2. The summed E-state index contributed by atoms with van der Waals surface area (Å²) in [6, 6.07) is 5.90. The van der Waals surface area contributed by atoms with E-state index in [1.54, 1.807) is 0 Å². The summed E-state index contributed by atoms with van der Waals surface area (Å²) in [6.45, 7) is 6.72. The number of rotatable bonds is 7. The number of hydrogen-bond donors (Lipinski definition) is 2. The molecule has 0 bridgehead atoms. The Morgan fingerprint density at radius 3 is 2.27 bits per heavy atom. The highest BCUT2D eigenvalue weighted by atomic mass is 16.2. The smallest absolute Gasteiger partial charge is 0.240 e. The zero-order valence-electron chi connectivity index (χ0n) is 13.8. The third-order valence-corrected chi connectivity index (χ3v) is 4.40. The Balaban J connectivity index is 1.98. The molecule has 22 heavy (non-hydrogen) atoms. The number of amides is 2. The first-order chi connectivity index (χ1) is 10.5. The monoisotopic (exact) mass is 302 g/mol. The fourth-order valence-corrected chi connectivity index (χ4v) is 2.67. The van der Waals surface area contributed by atoms with Gasteiger partial charge in [0.1, 0.15) is 5.41 Å². The molecule has 0 spiro atoms. The number of nitrogens with one attached hydrogen (secondary N) is 2. The van der Waals surface area contributed by atoms with Crippen molar-refractivity contribution in [2.24, 2.45) is 5.41 Å². The predicted octanol–water partition coefficient (Wildman–Crippen LogP) is 3.33. The Morgan fingerprint density at radius 1 is 1.09 bits per heavy atom. The van der Waals surface area contributed by atoms with Gasteiger partial charge in [-0.25, -0.2) is 0 Å². The van der Waals surface area contributed by atoms with Crippen LogP contribution in [-0.4, -0.2) is 18.4 Å². The molecule has 1 aromatic rings. The molecular formula is C18H26N2O2. The number of hydrogen-bond acceptors (Lipinski definition) is 2. The summed E-state index contributed by atoms with van der Waals surface area (Å²) in [7, 11) is 0. The van der Waals surface area contributed by atoms with Gasteiger partial charge in [-0.15, -0.1) is 0 Å². The van der Waals surface area contributed by atoms with Crippen molar-refractivity contribution in [1.29, 1.82) is 0 Å². The minimum absolute atomic E-state index is 0.118. The van der Waals surface area contributed by atoms with Gasteiger partial charge < -0.3 is 10.6 Å². The zero-order chi connectivity index (χ0) is 16.2. The average Bonchev–Trinajstić information content (AvgIpc) is 3.29. The topological polar surface area (TPSA) is 58.2 Å². The number of carbonyl (C=O) groups excluding carboxylic acids is 2. The molecule has 2 amide bonds. The van der Waals surface area contributed by atoms with Crippen molar-refractivity contribution in [1.82, 2.24) is 5.32 Å². The van der Waals surface area contributed by atoms with E-state index in [9.17, 15) is 9.59 Å². The SMILES string of the molecule is CCCCCNC(=O)C1(C(=O)Nc2c(C)cccc2C)CC1. The standard InChI is InChI=1S/C18H26N2O2/c1-4-5-6-12-19-16(21)18(10-11-18)17(22)20-15-13(2)8-7-9-14(15)3/h7-9H,4-6,10-12H2,1-3H3,(H,19,21)(H,20,22). The van der Waals surface area contributed by atoms with Crippen molar-refractivity contribution in [2.45, 2.75) is 52.9 Å². The van der Waals surface area contributed by atoms with Gasteiger partial charge in [-0.1, -0.05) is 38.0 Å². The van der Waals surface area contributed by atoms with Gasteiger partial charge in [0, 0.05) is 12.2 Å². The van der Waals surface area contributed by atoms with Gasteiger partial charge >= 0.3 is 0 Å². The quantitative estimate of drug-likeness (QED) is 0.599. The summed E-state index contributed by atoms with van der Waals surface area (Å²) in [5.74, 6) is -0.287. The molecule has 0 aromatic heterocycles. The largest absolute Gasteiger partial charge is 0.355 e. The van der Waals surface area contributed by atoms with Crippen molar-refractivity contribution in [3.8, 4) is 0 Å². The Labute approximate surface area is 132 Å². The molecule has 120 valence electrons. The van der Waals surface area contributed by atoms with Crippen LogP contribution in [0.15, 0.2) is 18.2 Å². The number of anilines is 1. The highest BCUT2D eigenvalue weighted by Crippen LogP contribution is 2.47. The second kappa shape index (κ2) is 6.95. The lowest BCUT2D eigenvalue weighted by Gasteiger charge is -2.17. The summed E-state index contributed by atoms with van der Waals surface area (Å²) >= 11 is 0. The summed E-state index contributed by atoms with van der Waals surface area (Å²) < 4.78 is 0. The van der Waals surface area contributed by atoms with Gasteiger partial charge in [0.05, 0.1) is 0 Å². The lowest BCUT2D eigenvalue weighted by molar-refractivity contribution is -0.134. The van der Waals surface area contributed by atoms with Gasteiger partial charge in [-0.05, 0) is 44.2 Å². The first kappa shape index (κ1) is 16.5. The first-order valence-electron chi connectivity index (χ1n) is 8.17. The van der Waals surface area contributed by atoms with Gasteiger partial charge in [0.2, 0.25) is 11.8 Å². The predicted molar refractivity (Wildman–Crippen MR) is 88.7 cm³/mol. The van der Waals surface area contributed by atoms with Crippen molar-refractivity contribution in [3.63, 3.8) is 0 Å². The van der Waals surface area contributed by atoms with Crippen molar-refractivity contribution in [2.75, 3.05) is 11.9 Å².